The molecule has 0 bridgehead atoms. The van der Waals surface area contributed by atoms with Crippen LogP contribution in [-0.4, -0.2) is 4.37 Å². The van der Waals surface area contributed by atoms with Crippen LogP contribution in [-0.2, 0) is 0 Å². The molecule has 1 aromatic heterocycles. The first-order chi connectivity index (χ1) is 5.83. The minimum Gasteiger partial charge on any atom is -0.323 e. The lowest BCUT2D eigenvalue weighted by Gasteiger charge is -2.06. The quantitative estimate of drug-likeness (QED) is 0.778. The second-order valence-electron chi connectivity index (χ2n) is 3.51. The molecule has 12 heavy (non-hydrogen) atoms. The predicted octanol–water partition coefficient (Wildman–Crippen LogP) is 2.19. The van der Waals surface area contributed by atoms with Gasteiger partial charge in [-0.25, -0.2) is 4.37 Å². The molecule has 0 radical (unpaired) electrons. The van der Waals surface area contributed by atoms with E-state index >= 15 is 0 Å². The Hall–Kier alpha value is -0.410. The normalized spacial score (nSPS) is 30.2. The zero-order chi connectivity index (χ0) is 8.55. The third-order valence-electron chi connectivity index (χ3n) is 2.75. The SMILES string of the molecule is CCC1CC1C(N)c1ccns1. The van der Waals surface area contributed by atoms with Crippen LogP contribution in [0.3, 0.4) is 0 Å². The van der Waals surface area contributed by atoms with Crippen molar-refractivity contribution in [3.8, 4) is 0 Å². The van der Waals surface area contributed by atoms with E-state index < -0.39 is 0 Å². The molecule has 2 rings (SSSR count). The molecule has 0 amide bonds. The molecule has 1 aromatic rings. The fourth-order valence-corrected chi connectivity index (χ4v) is 2.45. The smallest absolute Gasteiger partial charge is 0.0437 e. The van der Waals surface area contributed by atoms with Gasteiger partial charge in [-0.15, -0.1) is 0 Å². The molecule has 1 aliphatic carbocycles. The molecule has 2 N–H and O–H groups in total. The second kappa shape index (κ2) is 3.15. The fourth-order valence-electron chi connectivity index (χ4n) is 1.79. The van der Waals surface area contributed by atoms with Gasteiger partial charge in [0.1, 0.15) is 0 Å². The van der Waals surface area contributed by atoms with Gasteiger partial charge in [-0.05, 0) is 35.9 Å². The third-order valence-corrected chi connectivity index (χ3v) is 3.60. The minimum absolute atomic E-state index is 0.252. The van der Waals surface area contributed by atoms with Crippen LogP contribution in [0.25, 0.3) is 0 Å². The largest absolute Gasteiger partial charge is 0.323 e. The Kier molecular flexibility index (Phi) is 2.15. The Balaban J connectivity index is 1.99. The molecule has 1 fully saturated rings. The van der Waals surface area contributed by atoms with Gasteiger partial charge in [0.15, 0.2) is 0 Å². The summed E-state index contributed by atoms with van der Waals surface area (Å²) < 4.78 is 4.07. The molecule has 1 saturated carbocycles. The lowest BCUT2D eigenvalue weighted by molar-refractivity contribution is 0.574. The number of nitrogens with zero attached hydrogens (tertiary/aromatic N) is 1. The molecule has 1 heterocycles. The molecule has 0 aromatic carbocycles. The van der Waals surface area contributed by atoms with Crippen molar-refractivity contribution < 1.29 is 0 Å². The molecule has 3 unspecified atom stereocenters. The number of hydrogen-bond donors (Lipinski definition) is 1. The molecule has 0 spiro atoms. The number of rotatable bonds is 3. The van der Waals surface area contributed by atoms with E-state index in [1.807, 2.05) is 12.3 Å². The van der Waals surface area contributed by atoms with Gasteiger partial charge in [0.05, 0.1) is 0 Å². The van der Waals surface area contributed by atoms with Gasteiger partial charge in [-0.3, -0.25) is 0 Å². The Labute approximate surface area is 77.0 Å². The van der Waals surface area contributed by atoms with Gasteiger partial charge in [0.25, 0.3) is 0 Å². The van der Waals surface area contributed by atoms with Crippen LogP contribution in [0.1, 0.15) is 30.7 Å². The Morgan fingerprint density at radius 1 is 1.83 bits per heavy atom. The van der Waals surface area contributed by atoms with Gasteiger partial charge in [0, 0.05) is 17.1 Å². The van der Waals surface area contributed by atoms with Crippen molar-refractivity contribution in [2.45, 2.75) is 25.8 Å². The molecule has 66 valence electrons. The second-order valence-corrected chi connectivity index (χ2v) is 4.37. The van der Waals surface area contributed by atoms with Crippen molar-refractivity contribution in [3.63, 3.8) is 0 Å². The highest BCUT2D eigenvalue weighted by Gasteiger charge is 2.40. The summed E-state index contributed by atoms with van der Waals surface area (Å²) in [6.07, 6.45) is 4.43. The van der Waals surface area contributed by atoms with E-state index in [9.17, 15) is 0 Å². The Morgan fingerprint density at radius 2 is 2.67 bits per heavy atom. The summed E-state index contributed by atoms with van der Waals surface area (Å²) in [5.41, 5.74) is 6.08. The topological polar surface area (TPSA) is 38.9 Å². The minimum atomic E-state index is 0.252. The maximum absolute atomic E-state index is 6.08. The molecular weight excluding hydrogens is 168 g/mol. The first kappa shape index (κ1) is 8.20. The maximum Gasteiger partial charge on any atom is 0.0437 e. The molecule has 3 atom stereocenters. The zero-order valence-corrected chi connectivity index (χ0v) is 8.05. The highest BCUT2D eigenvalue weighted by Crippen LogP contribution is 2.48. The van der Waals surface area contributed by atoms with Crippen LogP contribution in [0.2, 0.25) is 0 Å². The summed E-state index contributed by atoms with van der Waals surface area (Å²) in [4.78, 5) is 1.25. The first-order valence-electron chi connectivity index (χ1n) is 4.49. The molecule has 0 aliphatic heterocycles. The van der Waals surface area contributed by atoms with Gasteiger partial charge in [-0.1, -0.05) is 13.3 Å². The van der Waals surface area contributed by atoms with Gasteiger partial charge in [0.2, 0.25) is 0 Å². The van der Waals surface area contributed by atoms with Crippen LogP contribution < -0.4 is 5.73 Å². The van der Waals surface area contributed by atoms with Gasteiger partial charge in [-0.2, -0.15) is 0 Å². The van der Waals surface area contributed by atoms with Crippen molar-refractivity contribution >= 4 is 11.5 Å². The Morgan fingerprint density at radius 3 is 3.17 bits per heavy atom. The molecular formula is C9H14N2S. The van der Waals surface area contributed by atoms with E-state index in [1.165, 1.54) is 29.3 Å². The van der Waals surface area contributed by atoms with E-state index in [4.69, 9.17) is 5.73 Å². The van der Waals surface area contributed by atoms with E-state index in [1.54, 1.807) is 0 Å². The average molecular weight is 182 g/mol. The predicted molar refractivity (Wildman–Crippen MR) is 50.9 cm³/mol. The highest BCUT2D eigenvalue weighted by molar-refractivity contribution is 7.05. The van der Waals surface area contributed by atoms with E-state index in [0.29, 0.717) is 0 Å². The van der Waals surface area contributed by atoms with Gasteiger partial charge >= 0.3 is 0 Å². The van der Waals surface area contributed by atoms with E-state index in [-0.39, 0.29) is 6.04 Å². The van der Waals surface area contributed by atoms with Crippen LogP contribution in [0, 0.1) is 11.8 Å². The number of aromatic nitrogens is 1. The number of nitrogens with two attached hydrogens (primary N) is 1. The van der Waals surface area contributed by atoms with Crippen LogP contribution >= 0.6 is 11.5 Å². The average Bonchev–Trinajstić information content (AvgIpc) is 2.68. The summed E-state index contributed by atoms with van der Waals surface area (Å²) in [6.45, 7) is 2.24. The summed E-state index contributed by atoms with van der Waals surface area (Å²) in [6, 6.07) is 2.29. The lowest BCUT2D eigenvalue weighted by Crippen LogP contribution is -2.11. The monoisotopic (exact) mass is 182 g/mol. The summed E-state index contributed by atoms with van der Waals surface area (Å²) >= 11 is 1.54. The molecule has 2 nitrogen and oxygen atoms in total. The van der Waals surface area contributed by atoms with Gasteiger partial charge < -0.3 is 5.73 Å². The summed E-state index contributed by atoms with van der Waals surface area (Å²) in [5, 5.41) is 0. The zero-order valence-electron chi connectivity index (χ0n) is 7.23. The third kappa shape index (κ3) is 1.39. The summed E-state index contributed by atoms with van der Waals surface area (Å²) in [7, 11) is 0. The van der Waals surface area contributed by atoms with Crippen LogP contribution in [0.15, 0.2) is 12.3 Å². The van der Waals surface area contributed by atoms with E-state index in [0.717, 1.165) is 11.8 Å². The maximum atomic E-state index is 6.08. The van der Waals surface area contributed by atoms with E-state index in [2.05, 4.69) is 11.3 Å². The molecule has 0 saturated heterocycles. The fraction of sp³-hybridized carbons (Fsp3) is 0.667. The van der Waals surface area contributed by atoms with Crippen molar-refractivity contribution in [1.82, 2.24) is 4.37 Å². The van der Waals surface area contributed by atoms with Crippen molar-refractivity contribution in [2.24, 2.45) is 17.6 Å². The van der Waals surface area contributed by atoms with Crippen LogP contribution in [0.4, 0.5) is 0 Å². The van der Waals surface area contributed by atoms with Crippen LogP contribution in [0.5, 0.6) is 0 Å². The highest BCUT2D eigenvalue weighted by atomic mass is 32.1. The standard InChI is InChI=1S/C9H14N2S/c1-2-6-5-7(6)9(10)8-3-4-11-12-8/h3-4,6-7,9H,2,5,10H2,1H3. The lowest BCUT2D eigenvalue weighted by atomic mass is 10.1. The summed E-state index contributed by atoms with van der Waals surface area (Å²) in [5.74, 6) is 1.61. The van der Waals surface area contributed by atoms with Crippen molar-refractivity contribution in [2.75, 3.05) is 0 Å². The Bertz CT molecular complexity index is 245. The first-order valence-corrected chi connectivity index (χ1v) is 5.26. The van der Waals surface area contributed by atoms with Crippen molar-refractivity contribution in [3.05, 3.63) is 17.1 Å². The molecule has 3 heteroatoms. The van der Waals surface area contributed by atoms with Crippen molar-refractivity contribution in [1.29, 1.82) is 0 Å². The molecule has 1 aliphatic rings. The number of hydrogen-bond acceptors (Lipinski definition) is 3.